The molecule has 0 unspecified atom stereocenters. The molecule has 0 atom stereocenters. The van der Waals surface area contributed by atoms with Crippen LogP contribution in [0.3, 0.4) is 0 Å². The lowest BCUT2D eigenvalue weighted by Gasteiger charge is -2.01. The Bertz CT molecular complexity index is 582. The topological polar surface area (TPSA) is 61.0 Å². The maximum Gasteiger partial charge on any atom is 0.283 e. The van der Waals surface area contributed by atoms with Crippen LogP contribution in [0.15, 0.2) is 18.2 Å². The molecule has 1 aromatic heterocycles. The Morgan fingerprint density at radius 2 is 2.18 bits per heavy atom. The maximum atomic E-state index is 13.4. The smallest absolute Gasteiger partial charge is 0.258 e. The number of hydrogen-bond acceptors (Lipinski definition) is 3. The molecule has 2 rings (SSSR count). The fourth-order valence-corrected chi connectivity index (χ4v) is 1.59. The van der Waals surface area contributed by atoms with E-state index in [9.17, 15) is 23.3 Å². The standard InChI is InChI=1S/C9H6F3N3O2/c10-7(11)4-14-5-2-1-3-6(15(16)17)8(5)9(12)13-14/h1-3,7H,4H2. The molecule has 8 heteroatoms. The Hall–Kier alpha value is -2.12. The van der Waals surface area contributed by atoms with Crippen molar-refractivity contribution in [2.45, 2.75) is 13.0 Å². The molecule has 0 fully saturated rings. The number of nitro groups is 1. The minimum Gasteiger partial charge on any atom is -0.258 e. The van der Waals surface area contributed by atoms with E-state index in [4.69, 9.17) is 0 Å². The Morgan fingerprint density at radius 1 is 1.47 bits per heavy atom. The summed E-state index contributed by atoms with van der Waals surface area (Å²) in [6, 6.07) is 3.70. The lowest BCUT2D eigenvalue weighted by molar-refractivity contribution is -0.383. The normalized spacial score (nSPS) is 11.3. The SMILES string of the molecule is O=[N+]([O-])c1cccc2c1c(F)nn2CC(F)F. The maximum absolute atomic E-state index is 13.4. The van der Waals surface area contributed by atoms with Crippen molar-refractivity contribution in [3.8, 4) is 0 Å². The molecule has 0 saturated heterocycles. The highest BCUT2D eigenvalue weighted by atomic mass is 19.3. The van der Waals surface area contributed by atoms with E-state index in [0.717, 1.165) is 10.7 Å². The van der Waals surface area contributed by atoms with E-state index in [1.54, 1.807) is 0 Å². The van der Waals surface area contributed by atoms with Gasteiger partial charge in [0.05, 0.1) is 10.4 Å². The number of non-ortho nitro benzene ring substituents is 1. The quantitative estimate of drug-likeness (QED) is 0.616. The second-order valence-corrected chi connectivity index (χ2v) is 3.29. The molecule has 1 heterocycles. The van der Waals surface area contributed by atoms with Crippen molar-refractivity contribution >= 4 is 16.6 Å². The van der Waals surface area contributed by atoms with E-state index in [2.05, 4.69) is 5.10 Å². The van der Waals surface area contributed by atoms with E-state index in [0.29, 0.717) is 0 Å². The van der Waals surface area contributed by atoms with Crippen LogP contribution in [-0.2, 0) is 6.54 Å². The second kappa shape index (κ2) is 4.04. The van der Waals surface area contributed by atoms with Crippen molar-refractivity contribution in [1.82, 2.24) is 9.78 Å². The minimum atomic E-state index is -2.71. The average molecular weight is 245 g/mol. The zero-order valence-corrected chi connectivity index (χ0v) is 8.31. The molecule has 0 aliphatic rings. The number of hydrogen-bond donors (Lipinski definition) is 0. The monoisotopic (exact) mass is 245 g/mol. The van der Waals surface area contributed by atoms with Crippen LogP contribution in [0.25, 0.3) is 10.9 Å². The van der Waals surface area contributed by atoms with Crippen molar-refractivity contribution in [2.75, 3.05) is 0 Å². The Kier molecular flexibility index (Phi) is 2.70. The van der Waals surface area contributed by atoms with Gasteiger partial charge in [0.1, 0.15) is 11.9 Å². The van der Waals surface area contributed by atoms with Crippen LogP contribution >= 0.6 is 0 Å². The third-order valence-electron chi connectivity index (χ3n) is 2.22. The molecule has 0 aliphatic carbocycles. The minimum absolute atomic E-state index is 0.0167. The van der Waals surface area contributed by atoms with E-state index in [1.807, 2.05) is 0 Å². The first-order valence-corrected chi connectivity index (χ1v) is 4.58. The van der Waals surface area contributed by atoms with Crippen molar-refractivity contribution < 1.29 is 18.1 Å². The summed E-state index contributed by atoms with van der Waals surface area (Å²) in [5, 5.41) is 13.5. The predicted octanol–water partition coefficient (Wildman–Crippen LogP) is 2.35. The number of nitrogens with zero attached hydrogens (tertiary/aromatic N) is 3. The molecule has 0 radical (unpaired) electrons. The number of fused-ring (bicyclic) bond motifs is 1. The van der Waals surface area contributed by atoms with Crippen molar-refractivity contribution in [2.24, 2.45) is 0 Å². The van der Waals surface area contributed by atoms with Crippen LogP contribution in [0.4, 0.5) is 18.9 Å². The summed E-state index contributed by atoms with van der Waals surface area (Å²) in [5.41, 5.74) is -0.502. The fraction of sp³-hybridized carbons (Fsp3) is 0.222. The van der Waals surface area contributed by atoms with E-state index >= 15 is 0 Å². The molecule has 17 heavy (non-hydrogen) atoms. The number of halogens is 3. The summed E-state index contributed by atoms with van der Waals surface area (Å²) < 4.78 is 38.5. The van der Waals surface area contributed by atoms with Gasteiger partial charge in [-0.05, 0) is 6.07 Å². The number of rotatable bonds is 3. The molecule has 5 nitrogen and oxygen atoms in total. The van der Waals surface area contributed by atoms with E-state index in [1.165, 1.54) is 12.1 Å². The average Bonchev–Trinajstić information content (AvgIpc) is 2.55. The van der Waals surface area contributed by atoms with Gasteiger partial charge in [-0.15, -0.1) is 5.10 Å². The van der Waals surface area contributed by atoms with Crippen molar-refractivity contribution in [3.63, 3.8) is 0 Å². The first kappa shape index (κ1) is 11.4. The van der Waals surface area contributed by atoms with E-state index in [-0.39, 0.29) is 10.9 Å². The molecule has 1 aromatic carbocycles. The predicted molar refractivity (Wildman–Crippen MR) is 52.3 cm³/mol. The largest absolute Gasteiger partial charge is 0.283 e. The van der Waals surface area contributed by atoms with Crippen LogP contribution in [0.2, 0.25) is 0 Å². The fourth-order valence-electron chi connectivity index (χ4n) is 1.59. The van der Waals surface area contributed by atoms with Crippen molar-refractivity contribution in [1.29, 1.82) is 0 Å². The molecule has 0 amide bonds. The molecule has 0 bridgehead atoms. The van der Waals surface area contributed by atoms with Gasteiger partial charge < -0.3 is 0 Å². The van der Waals surface area contributed by atoms with Crippen LogP contribution in [0.5, 0.6) is 0 Å². The van der Waals surface area contributed by atoms with Gasteiger partial charge in [-0.25, -0.2) is 8.78 Å². The zero-order chi connectivity index (χ0) is 12.6. The number of benzene rings is 1. The second-order valence-electron chi connectivity index (χ2n) is 3.29. The van der Waals surface area contributed by atoms with Crippen LogP contribution in [-0.4, -0.2) is 21.1 Å². The first-order chi connectivity index (χ1) is 8.00. The van der Waals surface area contributed by atoms with Gasteiger partial charge in [-0.2, -0.15) is 4.39 Å². The summed E-state index contributed by atoms with van der Waals surface area (Å²) in [6.07, 6.45) is -2.71. The van der Waals surface area contributed by atoms with Crippen LogP contribution < -0.4 is 0 Å². The molecule has 2 aromatic rings. The summed E-state index contributed by atoms with van der Waals surface area (Å²) in [5.74, 6) is -1.12. The number of aromatic nitrogens is 2. The Labute approximate surface area is 92.6 Å². The van der Waals surface area contributed by atoms with Crippen LogP contribution in [0.1, 0.15) is 0 Å². The van der Waals surface area contributed by atoms with Gasteiger partial charge in [0.15, 0.2) is 0 Å². The summed E-state index contributed by atoms with van der Waals surface area (Å²) in [6.45, 7) is -0.804. The molecule has 0 saturated carbocycles. The third-order valence-corrected chi connectivity index (χ3v) is 2.22. The highest BCUT2D eigenvalue weighted by molar-refractivity contribution is 5.88. The summed E-state index contributed by atoms with van der Waals surface area (Å²) in [4.78, 5) is 9.87. The molecular weight excluding hydrogens is 239 g/mol. The molecule has 0 aliphatic heterocycles. The number of nitro benzene ring substituents is 1. The molecule has 90 valence electrons. The molecule has 0 spiro atoms. The van der Waals surface area contributed by atoms with Gasteiger partial charge in [-0.3, -0.25) is 14.8 Å². The third kappa shape index (κ3) is 1.93. The summed E-state index contributed by atoms with van der Waals surface area (Å²) in [7, 11) is 0. The molecular formula is C9H6F3N3O2. The first-order valence-electron chi connectivity index (χ1n) is 4.58. The highest BCUT2D eigenvalue weighted by Crippen LogP contribution is 2.27. The van der Waals surface area contributed by atoms with Gasteiger partial charge >= 0.3 is 0 Å². The van der Waals surface area contributed by atoms with Gasteiger partial charge in [-0.1, -0.05) is 6.07 Å². The van der Waals surface area contributed by atoms with Gasteiger partial charge in [0.25, 0.3) is 12.1 Å². The lowest BCUT2D eigenvalue weighted by Crippen LogP contribution is -2.07. The molecule has 0 N–H and O–H groups in total. The highest BCUT2D eigenvalue weighted by Gasteiger charge is 2.21. The Morgan fingerprint density at radius 3 is 2.76 bits per heavy atom. The summed E-state index contributed by atoms with van der Waals surface area (Å²) >= 11 is 0. The van der Waals surface area contributed by atoms with Gasteiger partial charge in [0.2, 0.25) is 5.95 Å². The lowest BCUT2D eigenvalue weighted by atomic mass is 10.2. The van der Waals surface area contributed by atoms with Gasteiger partial charge in [0, 0.05) is 6.07 Å². The Balaban J connectivity index is 2.68. The zero-order valence-electron chi connectivity index (χ0n) is 8.31. The number of alkyl halides is 2. The van der Waals surface area contributed by atoms with Crippen molar-refractivity contribution in [3.05, 3.63) is 34.3 Å². The van der Waals surface area contributed by atoms with Crippen LogP contribution in [0, 0.1) is 16.1 Å². The van der Waals surface area contributed by atoms with E-state index < -0.39 is 29.5 Å².